The van der Waals surface area contributed by atoms with Gasteiger partial charge in [0.25, 0.3) is 11.9 Å². The molecule has 0 radical (unpaired) electrons. The maximum absolute atomic E-state index is 11.0. The Morgan fingerprint density at radius 3 is 1.44 bits per heavy atom. The van der Waals surface area contributed by atoms with E-state index in [1.807, 2.05) is 4.90 Å². The van der Waals surface area contributed by atoms with Crippen molar-refractivity contribution in [2.75, 3.05) is 36.8 Å². The Labute approximate surface area is 292 Å². The van der Waals surface area contributed by atoms with E-state index in [-0.39, 0.29) is 36.0 Å². The zero-order valence-corrected chi connectivity index (χ0v) is 28.5. The fraction of sp³-hybridized carbons (Fsp3) is 0.389. The minimum atomic E-state index is -0.955. The van der Waals surface area contributed by atoms with E-state index in [1.54, 1.807) is 12.1 Å². The third-order valence-electron chi connectivity index (χ3n) is 7.23. The number of rotatable bonds is 19. The quantitative estimate of drug-likeness (QED) is 0.0493. The maximum atomic E-state index is 11.0. The molecule has 274 valence electrons. The molecule has 3 aromatic rings. The van der Waals surface area contributed by atoms with Crippen molar-refractivity contribution in [3.05, 3.63) is 82.9 Å². The number of unbranched alkanes of at least 4 members (excludes halogenated alkanes) is 2. The SMILES string of the molecule is CC(=O)O.CC(=O)O.NCCCCc1ccc(CCCCN(CC(O)c2ccc(O)c(NC=O)c2)CC(O)c2ccc(O)c(NC=O)c2)cc1. The Bertz CT molecular complexity index is 1380. The first-order chi connectivity index (χ1) is 23.8. The van der Waals surface area contributed by atoms with Crippen LogP contribution < -0.4 is 16.4 Å². The molecule has 0 spiro atoms. The molecular formula is C36H50N4O10. The number of aliphatic hydroxyl groups is 2. The molecule has 14 heteroatoms. The van der Waals surface area contributed by atoms with E-state index in [1.165, 1.54) is 35.4 Å². The van der Waals surface area contributed by atoms with E-state index in [0.717, 1.165) is 52.4 Å². The monoisotopic (exact) mass is 698 g/mol. The van der Waals surface area contributed by atoms with E-state index in [2.05, 4.69) is 34.9 Å². The minimum Gasteiger partial charge on any atom is -0.506 e. The Balaban J connectivity index is 0.00000141. The second-order valence-electron chi connectivity index (χ2n) is 11.4. The lowest BCUT2D eigenvalue weighted by Crippen LogP contribution is -2.33. The fourth-order valence-electron chi connectivity index (χ4n) is 4.85. The zero-order valence-electron chi connectivity index (χ0n) is 28.5. The maximum Gasteiger partial charge on any atom is 0.300 e. The number of nitrogens with one attached hydrogen (secondary N) is 2. The number of aromatic hydroxyl groups is 2. The number of aliphatic carboxylic acids is 2. The van der Waals surface area contributed by atoms with Crippen molar-refractivity contribution in [2.45, 2.75) is 64.6 Å². The lowest BCUT2D eigenvalue weighted by Gasteiger charge is -2.28. The normalized spacial score (nSPS) is 11.6. The number of benzene rings is 3. The van der Waals surface area contributed by atoms with Crippen molar-refractivity contribution in [2.24, 2.45) is 5.73 Å². The summed E-state index contributed by atoms with van der Waals surface area (Å²) in [5.74, 6) is -1.89. The summed E-state index contributed by atoms with van der Waals surface area (Å²) in [6, 6.07) is 17.7. The smallest absolute Gasteiger partial charge is 0.300 e. The van der Waals surface area contributed by atoms with Crippen LogP contribution >= 0.6 is 0 Å². The molecule has 2 atom stereocenters. The number of phenols is 2. The van der Waals surface area contributed by atoms with Crippen LogP contribution in [-0.2, 0) is 32.0 Å². The zero-order chi connectivity index (χ0) is 37.5. The summed E-state index contributed by atoms with van der Waals surface area (Å²) in [7, 11) is 0. The van der Waals surface area contributed by atoms with Gasteiger partial charge in [-0.3, -0.25) is 24.1 Å². The first-order valence-electron chi connectivity index (χ1n) is 16.1. The Kier molecular flexibility index (Phi) is 20.8. The van der Waals surface area contributed by atoms with E-state index in [4.69, 9.17) is 25.5 Å². The van der Waals surface area contributed by atoms with Crippen molar-refractivity contribution in [1.29, 1.82) is 0 Å². The van der Waals surface area contributed by atoms with E-state index in [9.17, 15) is 30.0 Å². The first-order valence-corrected chi connectivity index (χ1v) is 16.1. The predicted molar refractivity (Wildman–Crippen MR) is 190 cm³/mol. The number of nitrogens with zero attached hydrogens (tertiary/aromatic N) is 1. The molecule has 0 aromatic heterocycles. The Hall–Kier alpha value is -5.02. The second kappa shape index (κ2) is 24.2. The third-order valence-corrected chi connectivity index (χ3v) is 7.23. The van der Waals surface area contributed by atoms with Crippen molar-refractivity contribution in [3.63, 3.8) is 0 Å². The molecule has 0 bridgehead atoms. The average molecular weight is 699 g/mol. The minimum absolute atomic E-state index is 0.110. The number of carbonyl (C=O) groups excluding carboxylic acids is 2. The molecule has 0 aliphatic carbocycles. The number of anilines is 2. The number of hydrogen-bond donors (Lipinski definition) is 9. The predicted octanol–water partition coefficient (Wildman–Crippen LogP) is 3.79. The van der Waals surface area contributed by atoms with Gasteiger partial charge in [0.2, 0.25) is 12.8 Å². The molecule has 0 aliphatic heterocycles. The number of carboxylic acids is 2. The number of nitrogens with two attached hydrogens (primary N) is 1. The van der Waals surface area contributed by atoms with Crippen LogP contribution in [0, 0.1) is 0 Å². The summed E-state index contributed by atoms with van der Waals surface area (Å²) in [5, 5.41) is 61.7. The molecule has 50 heavy (non-hydrogen) atoms. The first kappa shape index (κ1) is 43.0. The molecular weight excluding hydrogens is 648 g/mol. The van der Waals surface area contributed by atoms with E-state index in [0.29, 0.717) is 37.0 Å². The van der Waals surface area contributed by atoms with E-state index >= 15 is 0 Å². The molecule has 3 aromatic carbocycles. The van der Waals surface area contributed by atoms with Gasteiger partial charge in [-0.1, -0.05) is 36.4 Å². The summed E-state index contributed by atoms with van der Waals surface area (Å²) in [6.07, 6.45) is 4.76. The summed E-state index contributed by atoms with van der Waals surface area (Å²) < 4.78 is 0. The largest absolute Gasteiger partial charge is 0.506 e. The van der Waals surface area contributed by atoms with Gasteiger partial charge in [-0.25, -0.2) is 0 Å². The molecule has 0 aliphatic rings. The molecule has 0 saturated heterocycles. The number of aryl methyl sites for hydroxylation is 2. The van der Waals surface area contributed by atoms with E-state index < -0.39 is 24.1 Å². The van der Waals surface area contributed by atoms with Gasteiger partial charge < -0.3 is 47.0 Å². The van der Waals surface area contributed by atoms with Crippen molar-refractivity contribution >= 4 is 36.1 Å². The van der Waals surface area contributed by atoms with Crippen molar-refractivity contribution < 1.29 is 49.8 Å². The fourth-order valence-corrected chi connectivity index (χ4v) is 4.85. The summed E-state index contributed by atoms with van der Waals surface area (Å²) in [5.41, 5.74) is 9.54. The highest BCUT2D eigenvalue weighted by Crippen LogP contribution is 2.29. The van der Waals surface area contributed by atoms with Gasteiger partial charge in [0, 0.05) is 26.9 Å². The van der Waals surface area contributed by atoms with Gasteiger partial charge in [0.05, 0.1) is 23.6 Å². The number of hydrogen-bond acceptors (Lipinski definition) is 10. The lowest BCUT2D eigenvalue weighted by atomic mass is 10.0. The summed E-state index contributed by atoms with van der Waals surface area (Å²) in [4.78, 5) is 41.7. The molecule has 10 N–H and O–H groups in total. The van der Waals surface area contributed by atoms with Crippen molar-refractivity contribution in [3.8, 4) is 11.5 Å². The van der Waals surface area contributed by atoms with Crippen LogP contribution in [0.1, 0.15) is 74.0 Å². The van der Waals surface area contributed by atoms with Crippen LogP contribution in [-0.4, -0.2) is 86.5 Å². The van der Waals surface area contributed by atoms with Crippen LogP contribution in [0.5, 0.6) is 11.5 Å². The second-order valence-corrected chi connectivity index (χ2v) is 11.4. The number of aliphatic hydroxyl groups excluding tert-OH is 2. The highest BCUT2D eigenvalue weighted by atomic mass is 16.4. The summed E-state index contributed by atoms with van der Waals surface area (Å²) in [6.45, 7) is 3.86. The lowest BCUT2D eigenvalue weighted by molar-refractivity contribution is -0.135. The number of carboxylic acid groups (broad SMARTS) is 2. The highest BCUT2D eigenvalue weighted by Gasteiger charge is 2.20. The van der Waals surface area contributed by atoms with Crippen LogP contribution in [0.2, 0.25) is 0 Å². The summed E-state index contributed by atoms with van der Waals surface area (Å²) >= 11 is 0. The van der Waals surface area contributed by atoms with Gasteiger partial charge >= 0.3 is 0 Å². The number of phenolic OH excluding ortho intramolecular Hbond substituents is 2. The number of carbonyl (C=O) groups is 4. The standard InChI is InChI=1S/C32H42N4O6.2C2H4O2/c33-15-3-1-5-23-7-9-24(10-8-23)6-2-4-16-36(19-31(41)25-11-13-29(39)27(17-25)34-21-37)20-32(42)26-12-14-30(40)28(18-26)35-22-38;2*1-2(3)4/h7-14,17-18,21-22,31-32,39-42H,1-6,15-16,19-20,33H2,(H,34,37)(H,35,38);2*1H3,(H,3,4). The molecule has 2 unspecified atom stereocenters. The molecule has 14 nitrogen and oxygen atoms in total. The van der Waals surface area contributed by atoms with Crippen LogP contribution in [0.15, 0.2) is 60.7 Å². The van der Waals surface area contributed by atoms with Gasteiger partial charge in [-0.05, 0) is 98.1 Å². The molecule has 3 rings (SSSR count). The molecule has 0 heterocycles. The molecule has 2 amide bonds. The van der Waals surface area contributed by atoms with Gasteiger partial charge in [-0.15, -0.1) is 0 Å². The van der Waals surface area contributed by atoms with Crippen LogP contribution in [0.4, 0.5) is 11.4 Å². The van der Waals surface area contributed by atoms with Gasteiger partial charge in [-0.2, -0.15) is 0 Å². The molecule has 0 fully saturated rings. The van der Waals surface area contributed by atoms with Crippen molar-refractivity contribution in [1.82, 2.24) is 4.90 Å². The van der Waals surface area contributed by atoms with Gasteiger partial charge in [0.15, 0.2) is 0 Å². The topological polar surface area (TPSA) is 243 Å². The van der Waals surface area contributed by atoms with Crippen LogP contribution in [0.25, 0.3) is 0 Å². The van der Waals surface area contributed by atoms with Crippen LogP contribution in [0.3, 0.4) is 0 Å². The molecule has 0 saturated carbocycles. The number of amides is 2. The average Bonchev–Trinajstić information content (AvgIpc) is 3.05. The van der Waals surface area contributed by atoms with Gasteiger partial charge in [0.1, 0.15) is 11.5 Å². The Morgan fingerprint density at radius 1 is 0.700 bits per heavy atom. The third kappa shape index (κ3) is 17.9. The highest BCUT2D eigenvalue weighted by molar-refractivity contribution is 5.76. The Morgan fingerprint density at radius 2 is 1.08 bits per heavy atom.